The second-order valence-electron chi connectivity index (χ2n) is 21.1. The molecule has 77 heavy (non-hydrogen) atoms. The van der Waals surface area contributed by atoms with Crippen molar-refractivity contribution in [1.82, 2.24) is 5.32 Å². The molecule has 0 aromatic carbocycles. The summed E-state index contributed by atoms with van der Waals surface area (Å²) in [6, 6.07) is -1.04. The number of allylic oxidation sites excluding steroid dienone is 15. The lowest BCUT2D eigenvalue weighted by atomic mass is 9.99. The summed E-state index contributed by atoms with van der Waals surface area (Å²) in [6.07, 6.45) is 60.0. The molecule has 1 saturated heterocycles. The van der Waals surface area contributed by atoms with Crippen LogP contribution in [0.4, 0.5) is 0 Å². The maximum atomic E-state index is 13.4. The van der Waals surface area contributed by atoms with Gasteiger partial charge in [-0.1, -0.05) is 240 Å². The van der Waals surface area contributed by atoms with Crippen molar-refractivity contribution in [2.45, 2.75) is 294 Å². The Hall–Kier alpha value is -3.42. The van der Waals surface area contributed by atoms with Gasteiger partial charge in [0.05, 0.1) is 25.4 Å². The molecule has 8 unspecified atom stereocenters. The lowest BCUT2D eigenvalue weighted by molar-refractivity contribution is -0.305. The van der Waals surface area contributed by atoms with Crippen molar-refractivity contribution in [3.8, 4) is 0 Å². The van der Waals surface area contributed by atoms with E-state index in [4.69, 9.17) is 14.2 Å². The van der Waals surface area contributed by atoms with Crippen molar-refractivity contribution in [2.75, 3.05) is 13.2 Å². The third-order valence-electron chi connectivity index (χ3n) is 14.0. The molecule has 1 aliphatic rings. The summed E-state index contributed by atoms with van der Waals surface area (Å²) in [6.45, 7) is 5.62. The van der Waals surface area contributed by atoms with Crippen LogP contribution in [0.25, 0.3) is 0 Å². The number of amides is 1. The van der Waals surface area contributed by atoms with Gasteiger partial charge in [0.25, 0.3) is 0 Å². The van der Waals surface area contributed by atoms with Gasteiger partial charge in [0.1, 0.15) is 24.4 Å². The summed E-state index contributed by atoms with van der Waals surface area (Å²) in [5.74, 6) is -1.23. The monoisotopic (exact) mass is 1080 g/mol. The molecular formula is C66H113NO10. The zero-order valence-corrected chi connectivity index (χ0v) is 48.8. The van der Waals surface area contributed by atoms with Gasteiger partial charge in [-0.25, -0.2) is 0 Å². The summed E-state index contributed by atoms with van der Waals surface area (Å²) >= 11 is 0. The zero-order chi connectivity index (χ0) is 56.1. The average Bonchev–Trinajstić information content (AvgIpc) is 3.43. The van der Waals surface area contributed by atoms with Crippen molar-refractivity contribution in [3.63, 3.8) is 0 Å². The number of hydrogen-bond acceptors (Lipinski definition) is 10. The van der Waals surface area contributed by atoms with E-state index in [0.717, 1.165) is 122 Å². The average molecular weight is 1080 g/mol. The molecule has 0 bridgehead atoms. The predicted octanol–water partition coefficient (Wildman–Crippen LogP) is 14.7. The van der Waals surface area contributed by atoms with Crippen molar-refractivity contribution in [3.05, 3.63) is 97.2 Å². The third kappa shape index (κ3) is 41.3. The van der Waals surface area contributed by atoms with E-state index in [2.05, 4.69) is 111 Å². The summed E-state index contributed by atoms with van der Waals surface area (Å²) < 4.78 is 17.6. The molecule has 1 aliphatic heterocycles. The van der Waals surface area contributed by atoms with E-state index in [0.29, 0.717) is 12.8 Å². The van der Waals surface area contributed by atoms with Gasteiger partial charge in [-0.15, -0.1) is 0 Å². The molecule has 0 aromatic rings. The SMILES string of the molecule is CC/C=C\C/C=C\C/C=C\C/C=C\C/C=C\CCCCCCC(O)C(=O)NC(COC1OC(CO)C(O)C(O)C1OC(=O)CCCCCCCC/C=C/C=C/CCCCC)C(O)/C=C/CCCCCCCCCCCCC. The molecule has 1 rings (SSSR count). The van der Waals surface area contributed by atoms with Crippen LogP contribution in [0, 0.1) is 0 Å². The summed E-state index contributed by atoms with van der Waals surface area (Å²) in [5.41, 5.74) is 0. The van der Waals surface area contributed by atoms with Crippen molar-refractivity contribution in [1.29, 1.82) is 0 Å². The van der Waals surface area contributed by atoms with Crippen molar-refractivity contribution >= 4 is 11.9 Å². The number of carbonyl (C=O) groups is 2. The number of aliphatic hydroxyl groups excluding tert-OH is 5. The molecule has 1 fully saturated rings. The van der Waals surface area contributed by atoms with Crippen LogP contribution in [-0.2, 0) is 23.8 Å². The Balaban J connectivity index is 2.73. The normalized spacial score (nSPS) is 19.7. The van der Waals surface area contributed by atoms with Gasteiger partial charge in [0.2, 0.25) is 5.91 Å². The van der Waals surface area contributed by atoms with Crippen LogP contribution >= 0.6 is 0 Å². The first-order valence-corrected chi connectivity index (χ1v) is 31.0. The van der Waals surface area contributed by atoms with Crippen LogP contribution < -0.4 is 5.32 Å². The predicted molar refractivity (Wildman–Crippen MR) is 319 cm³/mol. The van der Waals surface area contributed by atoms with Crippen molar-refractivity contribution in [2.24, 2.45) is 0 Å². The van der Waals surface area contributed by atoms with E-state index < -0.39 is 67.4 Å². The number of aliphatic hydroxyl groups is 5. The lowest BCUT2D eigenvalue weighted by Gasteiger charge is -2.41. The van der Waals surface area contributed by atoms with Gasteiger partial charge in [-0.05, 0) is 96.3 Å². The fourth-order valence-electron chi connectivity index (χ4n) is 9.08. The number of rotatable bonds is 51. The summed E-state index contributed by atoms with van der Waals surface area (Å²) in [4.78, 5) is 26.5. The molecule has 442 valence electrons. The minimum Gasteiger partial charge on any atom is -0.454 e. The van der Waals surface area contributed by atoms with Crippen LogP contribution in [-0.4, -0.2) is 99.6 Å². The Labute approximate surface area is 469 Å². The van der Waals surface area contributed by atoms with Gasteiger partial charge >= 0.3 is 5.97 Å². The van der Waals surface area contributed by atoms with Crippen LogP contribution in [0.1, 0.15) is 245 Å². The van der Waals surface area contributed by atoms with E-state index >= 15 is 0 Å². The summed E-state index contributed by atoms with van der Waals surface area (Å²) in [5, 5.41) is 57.0. The number of unbranched alkanes of at least 4 members (excludes halogenated alkanes) is 24. The number of ether oxygens (including phenoxy) is 3. The first-order valence-electron chi connectivity index (χ1n) is 31.0. The molecule has 0 radical (unpaired) electrons. The molecule has 0 saturated carbocycles. The summed E-state index contributed by atoms with van der Waals surface area (Å²) in [7, 11) is 0. The molecule has 1 heterocycles. The first kappa shape index (κ1) is 71.6. The maximum absolute atomic E-state index is 13.4. The fourth-order valence-corrected chi connectivity index (χ4v) is 9.08. The number of hydrogen-bond donors (Lipinski definition) is 6. The Morgan fingerprint density at radius 2 is 0.974 bits per heavy atom. The molecule has 1 amide bonds. The third-order valence-corrected chi connectivity index (χ3v) is 14.0. The highest BCUT2D eigenvalue weighted by Crippen LogP contribution is 2.26. The molecule has 8 atom stereocenters. The van der Waals surface area contributed by atoms with E-state index in [1.807, 2.05) is 6.08 Å². The topological polar surface area (TPSA) is 175 Å². The van der Waals surface area contributed by atoms with Crippen LogP contribution in [0.15, 0.2) is 97.2 Å². The minimum atomic E-state index is -1.63. The highest BCUT2D eigenvalue weighted by molar-refractivity contribution is 5.80. The molecule has 11 heteroatoms. The minimum absolute atomic E-state index is 0.103. The molecular weight excluding hydrogens is 967 g/mol. The van der Waals surface area contributed by atoms with Gasteiger partial charge in [0.15, 0.2) is 12.4 Å². The highest BCUT2D eigenvalue weighted by Gasteiger charge is 2.47. The second kappa shape index (κ2) is 53.2. The van der Waals surface area contributed by atoms with Gasteiger partial charge < -0.3 is 45.1 Å². The van der Waals surface area contributed by atoms with E-state index in [1.165, 1.54) is 77.0 Å². The van der Waals surface area contributed by atoms with Gasteiger partial charge in [-0.2, -0.15) is 0 Å². The Kier molecular flexibility index (Phi) is 49.5. The van der Waals surface area contributed by atoms with Crippen molar-refractivity contribution < 1.29 is 49.3 Å². The largest absolute Gasteiger partial charge is 0.454 e. The van der Waals surface area contributed by atoms with E-state index in [-0.39, 0.29) is 19.4 Å². The molecule has 0 spiro atoms. The van der Waals surface area contributed by atoms with Gasteiger partial charge in [0, 0.05) is 6.42 Å². The quantitative estimate of drug-likeness (QED) is 0.0149. The number of esters is 1. The Bertz CT molecular complexity index is 1620. The number of carbonyl (C=O) groups excluding carboxylic acids is 2. The molecule has 11 nitrogen and oxygen atoms in total. The highest BCUT2D eigenvalue weighted by atomic mass is 16.7. The maximum Gasteiger partial charge on any atom is 0.306 e. The molecule has 0 aliphatic carbocycles. The van der Waals surface area contributed by atoms with Crippen LogP contribution in [0.5, 0.6) is 0 Å². The Morgan fingerprint density at radius 3 is 1.51 bits per heavy atom. The second-order valence-corrected chi connectivity index (χ2v) is 21.1. The zero-order valence-electron chi connectivity index (χ0n) is 48.8. The number of nitrogens with one attached hydrogen (secondary N) is 1. The van der Waals surface area contributed by atoms with E-state index in [9.17, 15) is 35.1 Å². The van der Waals surface area contributed by atoms with E-state index in [1.54, 1.807) is 6.08 Å². The fraction of sp³-hybridized carbons (Fsp3) is 0.727. The Morgan fingerprint density at radius 1 is 0.532 bits per heavy atom. The van der Waals surface area contributed by atoms with Crippen LogP contribution in [0.3, 0.4) is 0 Å². The molecule has 6 N–H and O–H groups in total. The first-order chi connectivity index (χ1) is 37.7. The smallest absolute Gasteiger partial charge is 0.306 e. The lowest BCUT2D eigenvalue weighted by Crippen LogP contribution is -2.61. The standard InChI is InChI=1S/C66H113NO10/c1-4-7-10-13-16-19-22-25-27-28-29-30-31-33-35-38-41-44-47-50-53-59(70)65(74)67-57(58(69)52-49-46-43-40-37-34-24-21-18-15-12-9-6-3)56-75-66-64(63(73)62(72)60(55-68)76-66)77-61(71)54-51-48-45-42-39-36-32-26-23-20-17-14-11-8-5-2/h7,10,16-17,19-20,23,25-27,29-30,33,35,49,52,57-60,62-64,66,68-70,72-73H,4-6,8-9,11-15,18,21-22,24,28,31-32,34,36-48,50-51,53-56H2,1-3H3,(H,67,74)/b10-7-,19-16-,20-17+,26-23+,27-25-,30-29-,35-33-,52-49+. The molecule has 0 aromatic heterocycles. The van der Waals surface area contributed by atoms with Gasteiger partial charge in [-0.3, -0.25) is 9.59 Å². The van der Waals surface area contributed by atoms with Crippen LogP contribution in [0.2, 0.25) is 0 Å².